The minimum absolute atomic E-state index is 0.0295. The maximum absolute atomic E-state index is 15.0. The molecule has 20 nitrogen and oxygen atoms in total. The third-order valence-corrected chi connectivity index (χ3v) is 16.9. The largest absolute Gasteiger partial charge is 0.493 e. The van der Waals surface area contributed by atoms with Gasteiger partial charge in [0.05, 0.1) is 36.9 Å². The number of nitrogens with zero attached hydrogens (tertiary/aromatic N) is 4. The van der Waals surface area contributed by atoms with E-state index in [0.717, 1.165) is 50.2 Å². The number of alkyl carbamates (subject to hydrolysis) is 1. The number of sulfonamides is 1. The van der Waals surface area contributed by atoms with Crippen LogP contribution in [0.1, 0.15) is 135 Å². The highest BCUT2D eigenvalue weighted by Crippen LogP contribution is 2.46. The van der Waals surface area contributed by atoms with Gasteiger partial charge in [0.2, 0.25) is 11.9 Å². The van der Waals surface area contributed by atoms with E-state index >= 15 is 4.79 Å². The summed E-state index contributed by atoms with van der Waals surface area (Å²) in [6, 6.07) is 21.4. The average molecular weight is 1220 g/mol. The molecule has 0 unspecified atom stereocenters. The zero-order chi connectivity index (χ0) is 63.4. The molecule has 2 heterocycles. The average Bonchev–Trinajstić information content (AvgIpc) is 1.86. The van der Waals surface area contributed by atoms with Gasteiger partial charge in [-0.05, 0) is 163 Å². The fourth-order valence-electron chi connectivity index (χ4n) is 11.1. The van der Waals surface area contributed by atoms with Gasteiger partial charge in [0.1, 0.15) is 40.2 Å². The topological polar surface area (TPSA) is 277 Å². The van der Waals surface area contributed by atoms with Gasteiger partial charge < -0.3 is 45.7 Å². The van der Waals surface area contributed by atoms with E-state index in [1.807, 2.05) is 107 Å². The summed E-state index contributed by atoms with van der Waals surface area (Å²) in [5.74, 6) is -0.393. The van der Waals surface area contributed by atoms with Gasteiger partial charge in [-0.3, -0.25) is 24.1 Å². The summed E-state index contributed by atoms with van der Waals surface area (Å²) in [6.45, 7) is 22.7. The monoisotopic (exact) mass is 1220 g/mol. The normalized spacial score (nSPS) is 14.3. The van der Waals surface area contributed by atoms with Crippen molar-refractivity contribution >= 4 is 61.2 Å². The van der Waals surface area contributed by atoms with Gasteiger partial charge in [0, 0.05) is 42.1 Å². The van der Waals surface area contributed by atoms with Crippen molar-refractivity contribution in [2.45, 2.75) is 176 Å². The Morgan fingerprint density at radius 2 is 1.44 bits per heavy atom. The summed E-state index contributed by atoms with van der Waals surface area (Å²) >= 11 is 0. The lowest BCUT2D eigenvalue weighted by Gasteiger charge is -2.27. The fourth-order valence-corrected chi connectivity index (χ4v) is 12.6. The third kappa shape index (κ3) is 17.9. The number of fused-ring (bicyclic) bond motifs is 3. The van der Waals surface area contributed by atoms with E-state index < -0.39 is 63.7 Å². The Morgan fingerprint density at radius 3 is 2.05 bits per heavy atom. The van der Waals surface area contributed by atoms with Gasteiger partial charge >= 0.3 is 6.09 Å². The number of aliphatic hydroxyl groups is 1. The van der Waals surface area contributed by atoms with E-state index in [1.165, 1.54) is 4.68 Å². The van der Waals surface area contributed by atoms with Gasteiger partial charge in [0.25, 0.3) is 15.9 Å². The molecule has 0 spiro atoms. The van der Waals surface area contributed by atoms with Crippen LogP contribution in [0, 0.1) is 38.5 Å². The van der Waals surface area contributed by atoms with Gasteiger partial charge in [-0.15, -0.1) is 5.10 Å². The molecule has 1 aliphatic heterocycles. The molecule has 0 aliphatic carbocycles. The van der Waals surface area contributed by atoms with Gasteiger partial charge in [-0.2, -0.15) is 0 Å². The van der Waals surface area contributed by atoms with E-state index in [1.54, 1.807) is 40.8 Å². The Hall–Kier alpha value is -7.78. The molecule has 0 saturated heterocycles. The number of hydrogen-bond donors (Lipinski definition) is 6. The second-order valence-corrected chi connectivity index (χ2v) is 26.7. The van der Waals surface area contributed by atoms with Crippen molar-refractivity contribution in [2.24, 2.45) is 28.5 Å². The van der Waals surface area contributed by atoms with Crippen molar-refractivity contribution in [3.05, 3.63) is 107 Å². The number of rotatable bonds is 29. The molecule has 3 amide bonds. The maximum atomic E-state index is 15.0. The Balaban J connectivity index is 1.15. The molecule has 87 heavy (non-hydrogen) atoms. The molecule has 470 valence electrons. The molecule has 0 fully saturated rings. The van der Waals surface area contributed by atoms with E-state index in [0.29, 0.717) is 72.3 Å². The molecule has 0 radical (unpaired) electrons. The molecule has 1 aromatic heterocycles. The number of nitrogens with two attached hydrogens (primary N) is 1. The maximum Gasteiger partial charge on any atom is 0.407 e. The Morgan fingerprint density at radius 1 is 0.805 bits per heavy atom. The number of guanidine groups is 1. The van der Waals surface area contributed by atoms with Crippen LogP contribution < -0.4 is 40.6 Å². The van der Waals surface area contributed by atoms with Crippen LogP contribution in [0.25, 0.3) is 32.7 Å². The van der Waals surface area contributed by atoms with Crippen molar-refractivity contribution in [1.82, 2.24) is 35.7 Å². The Kier molecular flexibility index (Phi) is 22.5. The van der Waals surface area contributed by atoms with Crippen molar-refractivity contribution in [2.75, 3.05) is 26.3 Å². The number of ether oxygens (including phenoxy) is 4. The Labute approximate surface area is 512 Å². The minimum atomic E-state index is -4.22. The molecule has 0 saturated carbocycles. The first-order valence-electron chi connectivity index (χ1n) is 30.2. The van der Waals surface area contributed by atoms with Gasteiger partial charge in [-0.1, -0.05) is 93.6 Å². The van der Waals surface area contributed by atoms with Gasteiger partial charge in [-0.25, -0.2) is 17.9 Å². The smallest absolute Gasteiger partial charge is 0.407 e. The zero-order valence-electron chi connectivity index (χ0n) is 52.6. The molecule has 21 heteroatoms. The summed E-state index contributed by atoms with van der Waals surface area (Å²) in [5, 5.41) is 30.3. The molecule has 0 bridgehead atoms. The predicted molar refractivity (Wildman–Crippen MR) is 338 cm³/mol. The molecule has 6 aromatic rings. The quantitative estimate of drug-likeness (QED) is 0.0145. The fraction of sp³-hybridized carbons (Fsp3) is 0.500. The van der Waals surface area contributed by atoms with E-state index in [4.69, 9.17) is 24.7 Å². The van der Waals surface area contributed by atoms with Crippen LogP contribution in [0.3, 0.4) is 0 Å². The first kappa shape index (κ1) is 66.7. The second kappa shape index (κ2) is 29.3. The summed E-state index contributed by atoms with van der Waals surface area (Å²) in [4.78, 5) is 61.4. The minimum Gasteiger partial charge on any atom is -0.493 e. The standard InChI is InChI=1S/C66H89N9O11S/c1-40(2)30-33-83-54-28-26-45-20-13-15-22-49(45)57(54)58-50-23-16-14-21-46(50)27-29-55(58)84-39-56(77)70-53(24-17-18-31-69-64(80)86-65(8,9)10)62(79)71-52(59(78)47(34-41(3)4)36-75-37-48(38-76)72-74-75)25-19-32-68-63(67)73-87(81,82)61-43(6)42(5)60-51(44(61)7)35-66(11,12)85-60/h13-16,20-23,26-29,37,40-41,47,52-53,76H,17-19,24-25,30-36,38-39H2,1-12H3,(H,69,80)(H,70,77)(H,71,79)(H3,67,68,73)/t47-,52-,53-/m0/s1. The summed E-state index contributed by atoms with van der Waals surface area (Å²) < 4.78 is 56.7. The number of aliphatic imine (C=N–C) groups is 1. The van der Waals surface area contributed by atoms with Crippen LogP contribution in [-0.2, 0) is 48.7 Å². The van der Waals surface area contributed by atoms with E-state index in [-0.39, 0.29) is 68.1 Å². The van der Waals surface area contributed by atoms with E-state index in [2.05, 4.69) is 49.8 Å². The van der Waals surface area contributed by atoms with E-state index in [9.17, 15) is 27.9 Å². The molecular weight excluding hydrogens is 1130 g/mol. The van der Waals surface area contributed by atoms with Crippen LogP contribution in [-0.4, -0.2) is 108 Å². The number of carbonyl (C=O) groups is 4. The number of carbonyl (C=O) groups excluding carboxylic acids is 4. The first-order valence-corrected chi connectivity index (χ1v) is 31.7. The van der Waals surface area contributed by atoms with Crippen LogP contribution in [0.4, 0.5) is 4.79 Å². The number of aromatic nitrogens is 3. The number of ketones is 1. The van der Waals surface area contributed by atoms with Crippen molar-refractivity contribution in [3.63, 3.8) is 0 Å². The molecule has 5 aromatic carbocycles. The highest BCUT2D eigenvalue weighted by Gasteiger charge is 2.37. The SMILES string of the molecule is Cc1c(C)c(S(=O)(=O)NC(N)=NCCC[C@H](NC(=O)[C@H](CCCCNC(=O)OC(C)(C)C)NC(=O)COc2ccc3ccccc3c2-c2c(OCCC(C)C)ccc3ccccc23)C(=O)[C@@H](CC(C)C)Cn2cc(CO)nn2)c(C)c2c1OC(C)(C)C2. The first-order chi connectivity index (χ1) is 41.1. The zero-order valence-corrected chi connectivity index (χ0v) is 53.4. The lowest BCUT2D eigenvalue weighted by atomic mass is 9.88. The number of unbranched alkanes of at least 4 members (excludes halogenated alkanes) is 1. The summed E-state index contributed by atoms with van der Waals surface area (Å²) in [6.07, 6.45) is 3.84. The highest BCUT2D eigenvalue weighted by molar-refractivity contribution is 7.90. The number of amides is 3. The number of Topliss-reactive ketones (excluding diaryl/α,β-unsaturated/α-hetero) is 1. The summed E-state index contributed by atoms with van der Waals surface area (Å²) in [7, 11) is -4.22. The molecule has 3 atom stereocenters. The number of aliphatic hydroxyl groups excluding tert-OH is 1. The van der Waals surface area contributed by atoms with Crippen molar-refractivity contribution in [3.8, 4) is 28.4 Å². The van der Waals surface area contributed by atoms with Crippen LogP contribution in [0.5, 0.6) is 17.2 Å². The number of benzene rings is 5. The molecule has 7 N–H and O–H groups in total. The molecule has 1 aliphatic rings. The third-order valence-electron chi connectivity index (χ3n) is 15.3. The lowest BCUT2D eigenvalue weighted by molar-refractivity contribution is -0.133. The van der Waals surface area contributed by atoms with Crippen LogP contribution >= 0.6 is 0 Å². The Bertz CT molecular complexity index is 3570. The van der Waals surface area contributed by atoms with Crippen molar-refractivity contribution in [1.29, 1.82) is 0 Å². The molecule has 7 rings (SSSR count). The lowest BCUT2D eigenvalue weighted by Crippen LogP contribution is -2.53. The second-order valence-electron chi connectivity index (χ2n) is 25.1. The number of nitrogens with one attached hydrogen (secondary N) is 4. The van der Waals surface area contributed by atoms with Crippen LogP contribution in [0.15, 0.2) is 88.9 Å². The molecular formula is C66H89N9O11S. The van der Waals surface area contributed by atoms with Gasteiger partial charge in [0.15, 0.2) is 12.4 Å². The highest BCUT2D eigenvalue weighted by atomic mass is 32.2. The predicted octanol–water partition coefficient (Wildman–Crippen LogP) is 9.86. The number of hydrogen-bond acceptors (Lipinski definition) is 14. The summed E-state index contributed by atoms with van der Waals surface area (Å²) in [5.41, 5.74) is 9.60. The van der Waals surface area contributed by atoms with Crippen molar-refractivity contribution < 1.29 is 51.6 Å². The van der Waals surface area contributed by atoms with Crippen LogP contribution in [0.2, 0.25) is 0 Å².